The van der Waals surface area contributed by atoms with Gasteiger partial charge in [0.1, 0.15) is 17.3 Å². The molecule has 1 heterocycles. The van der Waals surface area contributed by atoms with Crippen LogP contribution in [0.2, 0.25) is 0 Å². The average molecular weight is 212 g/mol. The molecule has 1 aromatic carbocycles. The van der Waals surface area contributed by atoms with E-state index >= 15 is 0 Å². The quantitative estimate of drug-likeness (QED) is 0.812. The summed E-state index contributed by atoms with van der Waals surface area (Å²) in [5.74, 6) is -1.00. The van der Waals surface area contributed by atoms with Crippen LogP contribution < -0.4 is 10.6 Å². The van der Waals surface area contributed by atoms with Gasteiger partial charge >= 0.3 is 0 Å². The van der Waals surface area contributed by atoms with E-state index in [4.69, 9.17) is 5.73 Å². The van der Waals surface area contributed by atoms with E-state index < -0.39 is 11.6 Å². The van der Waals surface area contributed by atoms with Crippen LogP contribution in [0.5, 0.6) is 0 Å². The van der Waals surface area contributed by atoms with E-state index in [1.165, 1.54) is 12.1 Å². The van der Waals surface area contributed by atoms with E-state index in [1.807, 2.05) is 0 Å². The third-order valence-corrected chi connectivity index (χ3v) is 2.73. The van der Waals surface area contributed by atoms with Crippen molar-refractivity contribution in [2.45, 2.75) is 19.4 Å². The Morgan fingerprint density at radius 3 is 2.13 bits per heavy atom. The Bertz CT molecular complexity index is 337. The van der Waals surface area contributed by atoms with Crippen molar-refractivity contribution in [1.82, 2.24) is 0 Å². The molecule has 0 atom stereocenters. The number of halogens is 2. The Morgan fingerprint density at radius 1 is 1.13 bits per heavy atom. The van der Waals surface area contributed by atoms with Crippen molar-refractivity contribution in [2.24, 2.45) is 5.73 Å². The van der Waals surface area contributed by atoms with Gasteiger partial charge in [0.2, 0.25) is 0 Å². The Morgan fingerprint density at radius 2 is 1.67 bits per heavy atom. The maximum Gasteiger partial charge on any atom is 0.149 e. The van der Waals surface area contributed by atoms with Crippen LogP contribution in [0, 0.1) is 11.6 Å². The van der Waals surface area contributed by atoms with Gasteiger partial charge in [0.15, 0.2) is 0 Å². The lowest BCUT2D eigenvalue weighted by Gasteiger charge is -2.19. The first-order valence-electron chi connectivity index (χ1n) is 5.15. The smallest absolute Gasteiger partial charge is 0.149 e. The monoisotopic (exact) mass is 212 g/mol. The predicted molar refractivity (Wildman–Crippen MR) is 55.7 cm³/mol. The van der Waals surface area contributed by atoms with Crippen LogP contribution >= 0.6 is 0 Å². The first kappa shape index (κ1) is 10.4. The number of rotatable bonds is 2. The third-order valence-electron chi connectivity index (χ3n) is 2.73. The van der Waals surface area contributed by atoms with E-state index in [9.17, 15) is 8.78 Å². The van der Waals surface area contributed by atoms with Gasteiger partial charge < -0.3 is 10.6 Å². The summed E-state index contributed by atoms with van der Waals surface area (Å²) in [5, 5.41) is 0. The standard InChI is InChI=1S/C11H14F2N2/c12-9-5-8(7-14)6-10(13)11(9)15-3-1-2-4-15/h5-6H,1-4,7,14H2. The highest BCUT2D eigenvalue weighted by molar-refractivity contribution is 5.51. The first-order chi connectivity index (χ1) is 7.22. The van der Waals surface area contributed by atoms with Gasteiger partial charge in [0.25, 0.3) is 0 Å². The molecule has 4 heteroatoms. The van der Waals surface area contributed by atoms with Crippen LogP contribution in [0.1, 0.15) is 18.4 Å². The molecule has 0 bridgehead atoms. The summed E-state index contributed by atoms with van der Waals surface area (Å²) in [6.45, 7) is 1.62. The molecule has 0 aromatic heterocycles. The Hall–Kier alpha value is -1.16. The second-order valence-corrected chi connectivity index (χ2v) is 3.81. The number of hydrogen-bond acceptors (Lipinski definition) is 2. The highest BCUT2D eigenvalue weighted by Gasteiger charge is 2.20. The minimum atomic E-state index is -0.502. The maximum atomic E-state index is 13.6. The van der Waals surface area contributed by atoms with Crippen molar-refractivity contribution in [3.8, 4) is 0 Å². The minimum Gasteiger partial charge on any atom is -0.367 e. The molecule has 1 aliphatic rings. The number of anilines is 1. The third kappa shape index (κ3) is 1.95. The molecule has 0 unspecified atom stereocenters. The fourth-order valence-corrected chi connectivity index (χ4v) is 1.98. The zero-order chi connectivity index (χ0) is 10.8. The fourth-order valence-electron chi connectivity index (χ4n) is 1.98. The molecule has 82 valence electrons. The van der Waals surface area contributed by atoms with E-state index in [2.05, 4.69) is 0 Å². The van der Waals surface area contributed by atoms with Gasteiger partial charge in [-0.15, -0.1) is 0 Å². The summed E-state index contributed by atoms with van der Waals surface area (Å²) >= 11 is 0. The summed E-state index contributed by atoms with van der Waals surface area (Å²) in [4.78, 5) is 1.75. The van der Waals surface area contributed by atoms with Crippen LogP contribution in [0.3, 0.4) is 0 Å². The lowest BCUT2D eigenvalue weighted by Crippen LogP contribution is -2.20. The van der Waals surface area contributed by atoms with Gasteiger partial charge in [-0.1, -0.05) is 0 Å². The van der Waals surface area contributed by atoms with Gasteiger partial charge in [0, 0.05) is 19.6 Å². The summed E-state index contributed by atoms with van der Waals surface area (Å²) in [5.41, 5.74) is 5.94. The van der Waals surface area contributed by atoms with Crippen molar-refractivity contribution in [1.29, 1.82) is 0 Å². The fraction of sp³-hybridized carbons (Fsp3) is 0.455. The normalized spacial score (nSPS) is 16.1. The molecule has 0 aliphatic carbocycles. The van der Waals surface area contributed by atoms with Crippen molar-refractivity contribution < 1.29 is 8.78 Å². The van der Waals surface area contributed by atoms with Crippen molar-refractivity contribution >= 4 is 5.69 Å². The van der Waals surface area contributed by atoms with Crippen molar-refractivity contribution in [3.63, 3.8) is 0 Å². The molecule has 1 fully saturated rings. The van der Waals surface area contributed by atoms with Crippen molar-refractivity contribution in [2.75, 3.05) is 18.0 Å². The highest BCUT2D eigenvalue weighted by Crippen LogP contribution is 2.27. The molecule has 2 nitrogen and oxygen atoms in total. The molecule has 2 N–H and O–H groups in total. The van der Waals surface area contributed by atoms with Gasteiger partial charge in [-0.2, -0.15) is 0 Å². The van der Waals surface area contributed by atoms with Gasteiger partial charge in [-0.3, -0.25) is 0 Å². The molecule has 0 radical (unpaired) electrons. The Labute approximate surface area is 87.7 Å². The van der Waals surface area contributed by atoms with E-state index in [0.29, 0.717) is 5.56 Å². The summed E-state index contributed by atoms with van der Waals surface area (Å²) < 4.78 is 27.2. The van der Waals surface area contributed by atoms with Gasteiger partial charge in [-0.05, 0) is 30.5 Å². The van der Waals surface area contributed by atoms with Crippen LogP contribution in [-0.2, 0) is 6.54 Å². The molecular formula is C11H14F2N2. The highest BCUT2D eigenvalue weighted by atomic mass is 19.1. The molecular weight excluding hydrogens is 198 g/mol. The SMILES string of the molecule is NCc1cc(F)c(N2CCCC2)c(F)c1. The van der Waals surface area contributed by atoms with Crippen LogP contribution in [-0.4, -0.2) is 13.1 Å². The summed E-state index contributed by atoms with van der Waals surface area (Å²) in [6, 6.07) is 2.63. The second-order valence-electron chi connectivity index (χ2n) is 3.81. The lowest BCUT2D eigenvalue weighted by molar-refractivity contribution is 0.574. The minimum absolute atomic E-state index is 0.102. The number of hydrogen-bond donors (Lipinski definition) is 1. The van der Waals surface area contributed by atoms with Gasteiger partial charge in [0.05, 0.1) is 0 Å². The Balaban J connectivity index is 2.37. The van der Waals surface area contributed by atoms with Gasteiger partial charge in [-0.25, -0.2) is 8.78 Å². The number of nitrogens with two attached hydrogens (primary N) is 1. The van der Waals surface area contributed by atoms with Crippen LogP contribution in [0.15, 0.2) is 12.1 Å². The zero-order valence-corrected chi connectivity index (χ0v) is 8.47. The maximum absolute atomic E-state index is 13.6. The lowest BCUT2D eigenvalue weighted by atomic mass is 10.1. The molecule has 0 spiro atoms. The van der Waals surface area contributed by atoms with E-state index in [-0.39, 0.29) is 12.2 Å². The Kier molecular flexibility index (Phi) is 2.86. The van der Waals surface area contributed by atoms with Crippen molar-refractivity contribution in [3.05, 3.63) is 29.3 Å². The van der Waals surface area contributed by atoms with Crippen LogP contribution in [0.25, 0.3) is 0 Å². The molecule has 2 rings (SSSR count). The average Bonchev–Trinajstić information content (AvgIpc) is 2.69. The first-order valence-corrected chi connectivity index (χ1v) is 5.15. The second kappa shape index (κ2) is 4.14. The molecule has 1 aliphatic heterocycles. The molecule has 1 saturated heterocycles. The molecule has 0 saturated carbocycles. The summed E-state index contributed by atoms with van der Waals surface area (Å²) in [6.07, 6.45) is 2.00. The summed E-state index contributed by atoms with van der Waals surface area (Å²) in [7, 11) is 0. The predicted octanol–water partition coefficient (Wildman–Crippen LogP) is 2.02. The zero-order valence-electron chi connectivity index (χ0n) is 8.47. The molecule has 15 heavy (non-hydrogen) atoms. The van der Waals surface area contributed by atoms with Crippen LogP contribution in [0.4, 0.5) is 14.5 Å². The number of benzene rings is 1. The molecule has 0 amide bonds. The topological polar surface area (TPSA) is 29.3 Å². The number of nitrogens with zero attached hydrogens (tertiary/aromatic N) is 1. The van der Waals surface area contributed by atoms with E-state index in [1.54, 1.807) is 4.90 Å². The van der Waals surface area contributed by atoms with E-state index in [0.717, 1.165) is 25.9 Å². The largest absolute Gasteiger partial charge is 0.367 e. The molecule has 1 aromatic rings.